The van der Waals surface area contributed by atoms with Gasteiger partial charge in [-0.3, -0.25) is 0 Å². The molecule has 0 aromatic heterocycles. The van der Waals surface area contributed by atoms with E-state index in [1.165, 1.54) is 12.1 Å². The third-order valence-electron chi connectivity index (χ3n) is 2.49. The molecule has 0 heterocycles. The van der Waals surface area contributed by atoms with E-state index in [0.717, 1.165) is 12.2 Å². The summed E-state index contributed by atoms with van der Waals surface area (Å²) in [5, 5.41) is 9.62. The lowest BCUT2D eigenvalue weighted by Crippen LogP contribution is -2.24. The molecule has 0 saturated carbocycles. The van der Waals surface area contributed by atoms with Gasteiger partial charge in [-0.1, -0.05) is 13.8 Å². The van der Waals surface area contributed by atoms with Crippen LogP contribution in [0.5, 0.6) is 0 Å². The molecule has 1 rings (SSSR count). The maximum Gasteiger partial charge on any atom is 0.123 e. The topological polar surface area (TPSA) is 23.5 Å². The Hall–Kier alpha value is -1.09. The Balaban J connectivity index is 3.02. The third kappa shape index (κ3) is 3.20. The zero-order valence-corrected chi connectivity index (χ0v) is 10.4. The lowest BCUT2D eigenvalue weighted by molar-refractivity contribution is 0.199. The number of anilines is 1. The van der Waals surface area contributed by atoms with Crippen LogP contribution < -0.4 is 4.90 Å². The zero-order valence-electron chi connectivity index (χ0n) is 10.4. The number of hydrogen-bond donors (Lipinski definition) is 1. The first-order valence-corrected chi connectivity index (χ1v) is 5.60. The largest absolute Gasteiger partial charge is 0.389 e. The smallest absolute Gasteiger partial charge is 0.123 e. The summed E-state index contributed by atoms with van der Waals surface area (Å²) in [7, 11) is 1.96. The van der Waals surface area contributed by atoms with Gasteiger partial charge in [-0.2, -0.15) is 0 Å². The van der Waals surface area contributed by atoms with Gasteiger partial charge in [0.15, 0.2) is 0 Å². The molecule has 1 atom stereocenters. The van der Waals surface area contributed by atoms with Crippen LogP contribution in [0.4, 0.5) is 10.1 Å². The molecule has 0 unspecified atom stereocenters. The highest BCUT2D eigenvalue weighted by Crippen LogP contribution is 2.26. The lowest BCUT2D eigenvalue weighted by atomic mass is 10.1. The normalized spacial score (nSPS) is 12.9. The first-order chi connectivity index (χ1) is 7.41. The summed E-state index contributed by atoms with van der Waals surface area (Å²) in [4.78, 5) is 2.05. The van der Waals surface area contributed by atoms with Gasteiger partial charge in [0.05, 0.1) is 6.10 Å². The molecule has 0 aliphatic carbocycles. The van der Waals surface area contributed by atoms with Crippen molar-refractivity contribution in [3.05, 3.63) is 29.6 Å². The van der Waals surface area contributed by atoms with Crippen molar-refractivity contribution in [1.29, 1.82) is 0 Å². The van der Waals surface area contributed by atoms with Crippen LogP contribution in [0.2, 0.25) is 0 Å². The van der Waals surface area contributed by atoms with Crippen LogP contribution in [0.25, 0.3) is 0 Å². The van der Waals surface area contributed by atoms with Crippen LogP contribution in [0.3, 0.4) is 0 Å². The van der Waals surface area contributed by atoms with Gasteiger partial charge in [-0.15, -0.1) is 0 Å². The first kappa shape index (κ1) is 13.0. The second kappa shape index (κ2) is 5.30. The predicted molar refractivity (Wildman–Crippen MR) is 65.1 cm³/mol. The van der Waals surface area contributed by atoms with Crippen LogP contribution in [0, 0.1) is 11.7 Å². The van der Waals surface area contributed by atoms with E-state index in [9.17, 15) is 9.50 Å². The van der Waals surface area contributed by atoms with Crippen molar-refractivity contribution in [3.8, 4) is 0 Å². The minimum Gasteiger partial charge on any atom is -0.389 e. The van der Waals surface area contributed by atoms with E-state index in [2.05, 4.69) is 13.8 Å². The van der Waals surface area contributed by atoms with Crippen molar-refractivity contribution in [1.82, 2.24) is 0 Å². The molecular formula is C13H20FNO. The van der Waals surface area contributed by atoms with Crippen molar-refractivity contribution < 1.29 is 9.50 Å². The molecule has 0 saturated heterocycles. The Morgan fingerprint density at radius 3 is 2.44 bits per heavy atom. The summed E-state index contributed by atoms with van der Waals surface area (Å²) in [5.74, 6) is 0.217. The van der Waals surface area contributed by atoms with Gasteiger partial charge in [-0.25, -0.2) is 4.39 Å². The Morgan fingerprint density at radius 2 is 1.94 bits per heavy atom. The number of hydrogen-bond acceptors (Lipinski definition) is 2. The van der Waals surface area contributed by atoms with Crippen molar-refractivity contribution >= 4 is 5.69 Å². The summed E-state index contributed by atoms with van der Waals surface area (Å²) in [6.45, 7) is 6.79. The molecule has 0 aliphatic heterocycles. The number of aliphatic hydroxyl groups is 1. The molecule has 2 nitrogen and oxygen atoms in total. The van der Waals surface area contributed by atoms with Crippen molar-refractivity contribution in [2.24, 2.45) is 5.92 Å². The minimum atomic E-state index is -0.652. The predicted octanol–water partition coefficient (Wildman–Crippen LogP) is 2.97. The van der Waals surface area contributed by atoms with Crippen molar-refractivity contribution in [3.63, 3.8) is 0 Å². The van der Waals surface area contributed by atoms with E-state index in [4.69, 9.17) is 0 Å². The molecule has 1 N–H and O–H groups in total. The van der Waals surface area contributed by atoms with Crippen molar-refractivity contribution in [2.45, 2.75) is 26.9 Å². The molecule has 3 heteroatoms. The molecule has 1 aromatic carbocycles. The quantitative estimate of drug-likeness (QED) is 0.851. The van der Waals surface area contributed by atoms with Crippen LogP contribution >= 0.6 is 0 Å². The van der Waals surface area contributed by atoms with Crippen LogP contribution in [-0.4, -0.2) is 18.7 Å². The van der Waals surface area contributed by atoms with Gasteiger partial charge in [0, 0.05) is 24.8 Å². The Labute approximate surface area is 96.7 Å². The van der Waals surface area contributed by atoms with E-state index in [1.807, 2.05) is 11.9 Å². The lowest BCUT2D eigenvalue weighted by Gasteiger charge is -2.25. The highest BCUT2D eigenvalue weighted by Gasteiger charge is 2.13. The highest BCUT2D eigenvalue weighted by atomic mass is 19.1. The summed E-state index contributed by atoms with van der Waals surface area (Å²) in [6.07, 6.45) is -0.652. The molecule has 0 aliphatic rings. The van der Waals surface area contributed by atoms with Crippen molar-refractivity contribution in [2.75, 3.05) is 18.5 Å². The van der Waals surface area contributed by atoms with Gasteiger partial charge < -0.3 is 10.0 Å². The number of rotatable bonds is 4. The Kier molecular flexibility index (Phi) is 4.30. The van der Waals surface area contributed by atoms with E-state index >= 15 is 0 Å². The SMILES string of the molecule is CC(C)CN(C)c1ccc(F)cc1[C@H](C)O. The molecule has 16 heavy (non-hydrogen) atoms. The van der Waals surface area contributed by atoms with Gasteiger partial charge in [0.1, 0.15) is 5.82 Å². The van der Waals surface area contributed by atoms with Gasteiger partial charge >= 0.3 is 0 Å². The molecule has 0 spiro atoms. The molecule has 0 bridgehead atoms. The zero-order chi connectivity index (χ0) is 12.3. The molecule has 90 valence electrons. The maximum atomic E-state index is 13.1. The third-order valence-corrected chi connectivity index (χ3v) is 2.49. The first-order valence-electron chi connectivity index (χ1n) is 5.60. The number of halogens is 1. The van der Waals surface area contributed by atoms with E-state index < -0.39 is 6.10 Å². The van der Waals surface area contributed by atoms with Crippen LogP contribution in [0.15, 0.2) is 18.2 Å². The van der Waals surface area contributed by atoms with E-state index in [1.54, 1.807) is 13.0 Å². The number of benzene rings is 1. The number of nitrogens with zero attached hydrogens (tertiary/aromatic N) is 1. The minimum absolute atomic E-state index is 0.308. The molecular weight excluding hydrogens is 205 g/mol. The highest BCUT2D eigenvalue weighted by molar-refractivity contribution is 5.54. The van der Waals surface area contributed by atoms with Gasteiger partial charge in [0.25, 0.3) is 0 Å². The molecule has 1 aromatic rings. The average Bonchev–Trinajstić information content (AvgIpc) is 2.16. The second-order valence-electron chi connectivity index (χ2n) is 4.65. The maximum absolute atomic E-state index is 13.1. The summed E-state index contributed by atoms with van der Waals surface area (Å²) >= 11 is 0. The fraction of sp³-hybridized carbons (Fsp3) is 0.538. The summed E-state index contributed by atoms with van der Waals surface area (Å²) in [5.41, 5.74) is 1.54. The van der Waals surface area contributed by atoms with Crippen LogP contribution in [-0.2, 0) is 0 Å². The molecule has 0 radical (unpaired) electrons. The van der Waals surface area contributed by atoms with E-state index in [0.29, 0.717) is 11.5 Å². The number of aliphatic hydroxyl groups excluding tert-OH is 1. The monoisotopic (exact) mass is 225 g/mol. The molecule has 0 amide bonds. The fourth-order valence-electron chi connectivity index (χ4n) is 1.85. The Bertz CT molecular complexity index is 350. The summed E-state index contributed by atoms with van der Waals surface area (Å²) in [6, 6.07) is 4.55. The summed E-state index contributed by atoms with van der Waals surface area (Å²) < 4.78 is 13.1. The average molecular weight is 225 g/mol. The molecule has 0 fully saturated rings. The standard InChI is InChI=1S/C13H20FNO/c1-9(2)8-15(4)13-6-5-11(14)7-12(13)10(3)16/h5-7,9-10,16H,8H2,1-4H3/t10-/m0/s1. The van der Waals surface area contributed by atoms with E-state index in [-0.39, 0.29) is 5.82 Å². The Morgan fingerprint density at radius 1 is 1.31 bits per heavy atom. The second-order valence-corrected chi connectivity index (χ2v) is 4.65. The van der Waals surface area contributed by atoms with Gasteiger partial charge in [0.2, 0.25) is 0 Å². The van der Waals surface area contributed by atoms with Crippen LogP contribution in [0.1, 0.15) is 32.4 Å². The van der Waals surface area contributed by atoms with Gasteiger partial charge in [-0.05, 0) is 31.0 Å². The fourth-order valence-corrected chi connectivity index (χ4v) is 1.85.